The molecular weight excluding hydrogens is 458 g/mol. The zero-order chi connectivity index (χ0) is 23.2. The fraction of sp³-hybridized carbons (Fsp3) is 0.381. The number of morpholine rings is 1. The molecule has 1 N–H and O–H groups in total. The van der Waals surface area contributed by atoms with E-state index in [-0.39, 0.29) is 23.5 Å². The van der Waals surface area contributed by atoms with Gasteiger partial charge >= 0.3 is 6.29 Å². The predicted octanol–water partition coefficient (Wildman–Crippen LogP) is 3.42. The van der Waals surface area contributed by atoms with Gasteiger partial charge in [0.2, 0.25) is 11.8 Å². The van der Waals surface area contributed by atoms with E-state index in [1.807, 2.05) is 17.9 Å². The molecule has 0 saturated carbocycles. The van der Waals surface area contributed by atoms with E-state index < -0.39 is 12.3 Å². The zero-order valence-corrected chi connectivity index (χ0v) is 18.5. The molecule has 12 heteroatoms. The second kappa shape index (κ2) is 8.36. The lowest BCUT2D eigenvalue weighted by Crippen LogP contribution is -2.48. The standard InChI is InChI=1S/C21H20F2N4O5S/c1-11(27-5-6-30-16(10-27)12-3-4-18(29-2)24-9-12)19(28)26-20-25-13-7-14-15(8-17(13)33-20)32-21(22,23)31-14/h3-4,7-9,11,16H,5-6,10H2,1-2H3,(H,25,26,28)/t11-,16?/m0/s1. The molecule has 2 aliphatic rings. The Morgan fingerprint density at radius 2 is 2.12 bits per heavy atom. The Kier molecular flexibility index (Phi) is 5.51. The number of nitrogens with zero attached hydrogens (tertiary/aromatic N) is 3. The molecule has 1 aromatic carbocycles. The number of methoxy groups -OCH3 is 1. The van der Waals surface area contributed by atoms with Gasteiger partial charge in [-0.15, -0.1) is 8.78 Å². The van der Waals surface area contributed by atoms with Gasteiger partial charge in [0, 0.05) is 43.0 Å². The molecule has 1 saturated heterocycles. The lowest BCUT2D eigenvalue weighted by molar-refractivity contribution is -0.286. The normalized spacial score (nSPS) is 20.5. The molecule has 0 bridgehead atoms. The number of hydrogen-bond donors (Lipinski definition) is 1. The first-order valence-electron chi connectivity index (χ1n) is 10.2. The van der Waals surface area contributed by atoms with Crippen molar-refractivity contribution in [1.82, 2.24) is 14.9 Å². The summed E-state index contributed by atoms with van der Waals surface area (Å²) in [7, 11) is 1.55. The van der Waals surface area contributed by atoms with Crippen LogP contribution < -0.4 is 19.5 Å². The summed E-state index contributed by atoms with van der Waals surface area (Å²) >= 11 is 1.17. The summed E-state index contributed by atoms with van der Waals surface area (Å²) in [4.78, 5) is 23.5. The Labute approximate surface area is 191 Å². The molecule has 1 unspecified atom stereocenters. The van der Waals surface area contributed by atoms with Crippen LogP contribution in [-0.4, -0.2) is 59.9 Å². The number of benzene rings is 1. The third-order valence-electron chi connectivity index (χ3n) is 5.51. The Hall–Kier alpha value is -3.09. The number of carbonyl (C=O) groups is 1. The van der Waals surface area contributed by atoms with Crippen molar-refractivity contribution in [2.75, 3.05) is 32.1 Å². The molecule has 2 atom stereocenters. The van der Waals surface area contributed by atoms with E-state index in [9.17, 15) is 13.6 Å². The smallest absolute Gasteiger partial charge is 0.481 e. The number of alkyl halides is 2. The van der Waals surface area contributed by atoms with Gasteiger partial charge in [-0.1, -0.05) is 11.3 Å². The summed E-state index contributed by atoms with van der Waals surface area (Å²) in [6.45, 7) is 3.42. The lowest BCUT2D eigenvalue weighted by atomic mass is 10.1. The fourth-order valence-electron chi connectivity index (χ4n) is 3.73. The predicted molar refractivity (Wildman–Crippen MR) is 115 cm³/mol. The molecule has 2 aromatic heterocycles. The van der Waals surface area contributed by atoms with Crippen molar-refractivity contribution in [3.05, 3.63) is 36.0 Å². The molecule has 0 radical (unpaired) electrons. The molecular formula is C21H20F2N4O5S. The Balaban J connectivity index is 1.25. The lowest BCUT2D eigenvalue weighted by Gasteiger charge is -2.36. The Morgan fingerprint density at radius 3 is 2.85 bits per heavy atom. The van der Waals surface area contributed by atoms with E-state index in [2.05, 4.69) is 24.8 Å². The van der Waals surface area contributed by atoms with Gasteiger partial charge in [-0.3, -0.25) is 9.69 Å². The third-order valence-corrected chi connectivity index (χ3v) is 6.44. The number of pyridine rings is 1. The molecule has 1 fully saturated rings. The largest absolute Gasteiger partial charge is 0.586 e. The first-order valence-corrected chi connectivity index (χ1v) is 11.0. The van der Waals surface area contributed by atoms with Crippen LogP contribution in [-0.2, 0) is 9.53 Å². The molecule has 0 aliphatic carbocycles. The number of nitrogens with one attached hydrogen (secondary N) is 1. The maximum atomic E-state index is 13.2. The number of halogens is 2. The van der Waals surface area contributed by atoms with E-state index in [1.165, 1.54) is 23.5 Å². The van der Waals surface area contributed by atoms with Crippen molar-refractivity contribution >= 4 is 32.6 Å². The highest BCUT2D eigenvalue weighted by molar-refractivity contribution is 7.22. The molecule has 1 amide bonds. The van der Waals surface area contributed by atoms with Crippen molar-refractivity contribution in [2.24, 2.45) is 0 Å². The van der Waals surface area contributed by atoms with Gasteiger partial charge in [-0.25, -0.2) is 9.97 Å². The van der Waals surface area contributed by atoms with Gasteiger partial charge in [0.1, 0.15) is 0 Å². The maximum absolute atomic E-state index is 13.2. The second-order valence-corrected chi connectivity index (χ2v) is 8.64. The van der Waals surface area contributed by atoms with Gasteiger partial charge in [-0.05, 0) is 13.0 Å². The minimum atomic E-state index is -3.68. The van der Waals surface area contributed by atoms with E-state index in [1.54, 1.807) is 19.4 Å². The van der Waals surface area contributed by atoms with E-state index >= 15 is 0 Å². The molecule has 33 heavy (non-hydrogen) atoms. The van der Waals surface area contributed by atoms with Gasteiger partial charge in [0.05, 0.1) is 36.1 Å². The van der Waals surface area contributed by atoms with Gasteiger partial charge in [0.25, 0.3) is 0 Å². The van der Waals surface area contributed by atoms with Crippen molar-refractivity contribution in [3.63, 3.8) is 0 Å². The van der Waals surface area contributed by atoms with Gasteiger partial charge in [-0.2, -0.15) is 0 Å². The second-order valence-electron chi connectivity index (χ2n) is 7.61. The van der Waals surface area contributed by atoms with Crippen molar-refractivity contribution < 1.29 is 32.5 Å². The van der Waals surface area contributed by atoms with E-state index in [4.69, 9.17) is 9.47 Å². The summed E-state index contributed by atoms with van der Waals surface area (Å²) < 4.78 is 47.0. The van der Waals surface area contributed by atoms with E-state index in [0.29, 0.717) is 40.9 Å². The van der Waals surface area contributed by atoms with Crippen LogP contribution in [0.15, 0.2) is 30.5 Å². The number of carbonyl (C=O) groups excluding carboxylic acids is 1. The van der Waals surface area contributed by atoms with Crippen LogP contribution in [0.1, 0.15) is 18.6 Å². The minimum Gasteiger partial charge on any atom is -0.481 e. The molecule has 9 nitrogen and oxygen atoms in total. The SMILES string of the molecule is COc1ccc(C2CN([C@@H](C)C(=O)Nc3nc4cc5c(cc4s3)OC(F)(F)O5)CCO2)cn1. The summed E-state index contributed by atoms with van der Waals surface area (Å²) in [5.74, 6) is 0.146. The number of hydrogen-bond acceptors (Lipinski definition) is 9. The van der Waals surface area contributed by atoms with Crippen molar-refractivity contribution in [2.45, 2.75) is 25.4 Å². The fourth-order valence-corrected chi connectivity index (χ4v) is 4.61. The van der Waals surface area contributed by atoms with Crippen LogP contribution in [0.25, 0.3) is 10.2 Å². The first-order chi connectivity index (χ1) is 15.8. The zero-order valence-electron chi connectivity index (χ0n) is 17.7. The number of anilines is 1. The highest BCUT2D eigenvalue weighted by atomic mass is 32.1. The Bertz CT molecular complexity index is 1140. The van der Waals surface area contributed by atoms with Crippen LogP contribution in [0.3, 0.4) is 0 Å². The van der Waals surface area contributed by atoms with Crippen LogP contribution in [0.4, 0.5) is 13.9 Å². The molecule has 0 spiro atoms. The summed E-state index contributed by atoms with van der Waals surface area (Å²) in [6, 6.07) is 6.03. The quantitative estimate of drug-likeness (QED) is 0.596. The average Bonchev–Trinajstić information content (AvgIpc) is 3.33. The van der Waals surface area contributed by atoms with Crippen molar-refractivity contribution in [1.29, 1.82) is 0 Å². The van der Waals surface area contributed by atoms with Gasteiger partial charge in [0.15, 0.2) is 16.6 Å². The average molecular weight is 478 g/mol. The number of aromatic nitrogens is 2. The summed E-state index contributed by atoms with van der Waals surface area (Å²) in [6.07, 6.45) is -2.19. The highest BCUT2D eigenvalue weighted by Crippen LogP contribution is 2.44. The summed E-state index contributed by atoms with van der Waals surface area (Å²) in [5, 5.41) is 3.18. The number of thiazole rings is 1. The minimum absolute atomic E-state index is 0.0604. The van der Waals surface area contributed by atoms with Crippen LogP contribution in [0, 0.1) is 0 Å². The molecule has 5 rings (SSSR count). The number of amides is 1. The van der Waals surface area contributed by atoms with Crippen molar-refractivity contribution in [3.8, 4) is 17.4 Å². The third kappa shape index (κ3) is 4.41. The first kappa shape index (κ1) is 21.7. The monoisotopic (exact) mass is 478 g/mol. The topological polar surface area (TPSA) is 95.0 Å². The molecule has 174 valence electrons. The number of fused-ring (bicyclic) bond motifs is 2. The van der Waals surface area contributed by atoms with Crippen LogP contribution >= 0.6 is 11.3 Å². The number of rotatable bonds is 5. The Morgan fingerprint density at radius 1 is 1.33 bits per heavy atom. The molecule has 2 aliphatic heterocycles. The van der Waals surface area contributed by atoms with Crippen LogP contribution in [0.2, 0.25) is 0 Å². The summed E-state index contributed by atoms with van der Waals surface area (Å²) in [5.41, 5.74) is 1.34. The van der Waals surface area contributed by atoms with E-state index in [0.717, 1.165) is 5.56 Å². The highest BCUT2D eigenvalue weighted by Gasteiger charge is 2.43. The van der Waals surface area contributed by atoms with Gasteiger partial charge < -0.3 is 24.3 Å². The van der Waals surface area contributed by atoms with Crippen LogP contribution in [0.5, 0.6) is 17.4 Å². The maximum Gasteiger partial charge on any atom is 0.586 e. The number of ether oxygens (including phenoxy) is 4. The molecule has 4 heterocycles. The molecule has 3 aromatic rings.